The van der Waals surface area contributed by atoms with Gasteiger partial charge in [0.2, 0.25) is 23.6 Å². The van der Waals surface area contributed by atoms with Crippen LogP contribution in [0.2, 0.25) is 0 Å². The molecule has 0 saturated heterocycles. The number of carbonyl (C=O) groups is 10. The van der Waals surface area contributed by atoms with Crippen LogP contribution in [0.3, 0.4) is 0 Å². The quantitative estimate of drug-likeness (QED) is 0.0480. The molecular weight excluding hydrogens is 626 g/mol. The predicted molar refractivity (Wildman–Crippen MR) is 148 cm³/mol. The van der Waals surface area contributed by atoms with Crippen molar-refractivity contribution in [2.45, 2.75) is 94.4 Å². The Kier molecular flexibility index (Phi) is 18.2. The lowest BCUT2D eigenvalue weighted by molar-refractivity contribution is -0.144. The molecule has 0 spiro atoms. The summed E-state index contributed by atoms with van der Waals surface area (Å²) in [4.78, 5) is 116. The molecule has 0 aliphatic rings. The lowest BCUT2D eigenvalue weighted by Crippen LogP contribution is -2.52. The van der Waals surface area contributed by atoms with Gasteiger partial charge in [-0.1, -0.05) is 0 Å². The number of rotatable bonds is 24. The van der Waals surface area contributed by atoms with Crippen molar-refractivity contribution in [2.75, 3.05) is 0 Å². The minimum absolute atomic E-state index is 0.300. The highest BCUT2D eigenvalue weighted by Crippen LogP contribution is 2.07. The van der Waals surface area contributed by atoms with E-state index in [9.17, 15) is 58.2 Å². The van der Waals surface area contributed by atoms with E-state index in [1.54, 1.807) is 0 Å². The number of nitrogens with two attached hydrogens (primary N) is 1. The molecule has 0 radical (unpaired) electrons. The van der Waals surface area contributed by atoms with E-state index >= 15 is 0 Å². The topological polar surface area (TPSA) is 366 Å². The fourth-order valence-corrected chi connectivity index (χ4v) is 3.61. The highest BCUT2D eigenvalue weighted by molar-refractivity contribution is 5.91. The normalized spacial score (nSPS) is 13.8. The first-order valence-electron chi connectivity index (χ1n) is 13.6. The number of hydrogen-bond donors (Lipinski definition) is 11. The van der Waals surface area contributed by atoms with Crippen LogP contribution in [0.25, 0.3) is 0 Å². The zero-order valence-electron chi connectivity index (χ0n) is 24.3. The minimum Gasteiger partial charge on any atom is -0.481 e. The first kappa shape index (κ1) is 40.7. The highest BCUT2D eigenvalue weighted by atomic mass is 16.4. The average molecular weight is 664 g/mol. The molecule has 5 atom stereocenters. The molecule has 0 rings (SSSR count). The van der Waals surface area contributed by atoms with Crippen LogP contribution >= 0.6 is 0 Å². The molecule has 21 nitrogen and oxygen atoms in total. The van der Waals surface area contributed by atoms with Gasteiger partial charge in [-0.15, -0.1) is 0 Å². The van der Waals surface area contributed by atoms with E-state index in [4.69, 9.17) is 26.2 Å². The van der Waals surface area contributed by atoms with Crippen LogP contribution in [0.5, 0.6) is 0 Å². The second kappa shape index (κ2) is 20.6. The summed E-state index contributed by atoms with van der Waals surface area (Å²) in [6.07, 6.45) is -5.32. The molecule has 46 heavy (non-hydrogen) atoms. The fourth-order valence-electron chi connectivity index (χ4n) is 3.61. The van der Waals surface area contributed by atoms with E-state index in [1.807, 2.05) is 10.6 Å². The van der Waals surface area contributed by atoms with Crippen LogP contribution in [0.1, 0.15) is 64.2 Å². The maximum Gasteiger partial charge on any atom is 0.326 e. The van der Waals surface area contributed by atoms with Gasteiger partial charge in [0.15, 0.2) is 0 Å². The number of hydrogen-bond acceptors (Lipinski definition) is 11. The monoisotopic (exact) mass is 663 g/mol. The van der Waals surface area contributed by atoms with Crippen molar-refractivity contribution in [3.63, 3.8) is 0 Å². The van der Waals surface area contributed by atoms with Crippen LogP contribution < -0.4 is 27.0 Å². The lowest BCUT2D eigenvalue weighted by Gasteiger charge is -2.22. The van der Waals surface area contributed by atoms with Gasteiger partial charge in [0, 0.05) is 32.1 Å². The van der Waals surface area contributed by atoms with Gasteiger partial charge in [-0.05, 0) is 32.1 Å². The highest BCUT2D eigenvalue weighted by Gasteiger charge is 2.29. The maximum atomic E-state index is 12.8. The van der Waals surface area contributed by atoms with Gasteiger partial charge in [0.1, 0.15) is 30.2 Å². The van der Waals surface area contributed by atoms with Gasteiger partial charge in [0.05, 0.1) is 0 Å². The number of aliphatic carboxylic acids is 6. The molecule has 0 bridgehead atoms. The molecule has 0 unspecified atom stereocenters. The summed E-state index contributed by atoms with van der Waals surface area (Å²) in [5, 5.41) is 62.7. The SMILES string of the molecule is N[C@@H](CCC(=O)N[C@@H](CCC(=O)N[C@@H](CCC(=O)O)C(=O)N[C@@H](CCC(=O)N[C@@H](CCC(=O)O)C(=O)O)C(=O)O)C(=O)O)C(=O)O. The zero-order chi connectivity index (χ0) is 35.6. The number of nitrogens with one attached hydrogen (secondary N) is 4. The Morgan fingerprint density at radius 3 is 1.07 bits per heavy atom. The molecule has 0 aliphatic heterocycles. The first-order valence-corrected chi connectivity index (χ1v) is 13.6. The van der Waals surface area contributed by atoms with Gasteiger partial charge in [-0.2, -0.15) is 0 Å². The van der Waals surface area contributed by atoms with E-state index in [0.29, 0.717) is 0 Å². The molecule has 0 aliphatic carbocycles. The number of carbonyl (C=O) groups excluding carboxylic acids is 4. The molecule has 0 aromatic rings. The van der Waals surface area contributed by atoms with E-state index in [1.165, 1.54) is 0 Å². The summed E-state index contributed by atoms with van der Waals surface area (Å²) in [6.45, 7) is 0. The van der Waals surface area contributed by atoms with Gasteiger partial charge >= 0.3 is 35.8 Å². The first-order chi connectivity index (χ1) is 21.3. The van der Waals surface area contributed by atoms with Crippen molar-refractivity contribution in [1.82, 2.24) is 21.3 Å². The van der Waals surface area contributed by atoms with Crippen molar-refractivity contribution in [2.24, 2.45) is 5.73 Å². The summed E-state index contributed by atoms with van der Waals surface area (Å²) >= 11 is 0. The predicted octanol–water partition coefficient (Wildman–Crippen LogP) is -3.34. The van der Waals surface area contributed by atoms with Crippen molar-refractivity contribution in [3.05, 3.63) is 0 Å². The third-order valence-corrected chi connectivity index (χ3v) is 6.15. The minimum atomic E-state index is -1.77. The summed E-state index contributed by atoms with van der Waals surface area (Å²) in [7, 11) is 0. The Balaban J connectivity index is 5.32. The number of carboxylic acids is 6. The standard InChI is InChI=1S/C25H37N5O16/c26-11(22(39)40)1-6-16(31)28-13(23(41)42)2-7-17(32)27-12(4-9-19(34)35)21(38)30-15(25(45)46)3-8-18(33)29-14(24(43)44)5-10-20(36)37/h11-15H,1-10,26H2,(H,27,32)(H,28,31)(H,29,33)(H,30,38)(H,34,35)(H,36,37)(H,39,40)(H,41,42)(H,43,44)(H,45,46)/t11-,12-,13-,14-,15-/m0/s1. The van der Waals surface area contributed by atoms with E-state index in [2.05, 4.69) is 10.6 Å². The van der Waals surface area contributed by atoms with E-state index in [-0.39, 0.29) is 6.42 Å². The molecule has 0 aromatic heterocycles. The van der Waals surface area contributed by atoms with Crippen LogP contribution in [0, 0.1) is 0 Å². The Morgan fingerprint density at radius 1 is 0.413 bits per heavy atom. The summed E-state index contributed by atoms with van der Waals surface area (Å²) in [5.74, 6) is -12.8. The maximum absolute atomic E-state index is 12.8. The Hall–Kier alpha value is -5.34. The summed E-state index contributed by atoms with van der Waals surface area (Å²) in [5.41, 5.74) is 5.29. The van der Waals surface area contributed by atoms with Gasteiger partial charge in [-0.3, -0.25) is 33.6 Å². The average Bonchev–Trinajstić information content (AvgIpc) is 2.95. The van der Waals surface area contributed by atoms with Gasteiger partial charge in [0.25, 0.3) is 0 Å². The van der Waals surface area contributed by atoms with Crippen molar-refractivity contribution < 1.29 is 78.6 Å². The lowest BCUT2D eigenvalue weighted by atomic mass is 10.1. The van der Waals surface area contributed by atoms with Gasteiger partial charge < -0.3 is 57.6 Å². The molecule has 12 N–H and O–H groups in total. The second-order valence-corrected chi connectivity index (χ2v) is 9.86. The van der Waals surface area contributed by atoms with Crippen LogP contribution in [-0.2, 0) is 47.9 Å². The van der Waals surface area contributed by atoms with Crippen LogP contribution in [-0.4, -0.2) is 120 Å². The molecule has 0 saturated carbocycles. The summed E-state index contributed by atoms with van der Waals surface area (Å²) < 4.78 is 0. The third kappa shape index (κ3) is 17.7. The van der Waals surface area contributed by atoms with Crippen molar-refractivity contribution in [3.8, 4) is 0 Å². The molecule has 21 heteroatoms. The van der Waals surface area contributed by atoms with Gasteiger partial charge in [-0.25, -0.2) is 14.4 Å². The molecular formula is C25H37N5O16. The van der Waals surface area contributed by atoms with Crippen molar-refractivity contribution in [1.29, 1.82) is 0 Å². The molecule has 0 fully saturated rings. The molecule has 0 heterocycles. The smallest absolute Gasteiger partial charge is 0.326 e. The summed E-state index contributed by atoms with van der Waals surface area (Å²) in [6, 6.07) is -7.97. The largest absolute Gasteiger partial charge is 0.481 e. The van der Waals surface area contributed by atoms with E-state index < -0.39 is 147 Å². The molecule has 258 valence electrons. The fraction of sp³-hybridized carbons (Fsp3) is 0.600. The Morgan fingerprint density at radius 2 is 0.717 bits per heavy atom. The van der Waals surface area contributed by atoms with E-state index in [0.717, 1.165) is 0 Å². The third-order valence-electron chi connectivity index (χ3n) is 6.15. The Labute approximate surface area is 259 Å². The number of carboxylic acid groups (broad SMARTS) is 6. The molecule has 4 amide bonds. The Bertz CT molecular complexity index is 1180. The second-order valence-electron chi connectivity index (χ2n) is 9.86. The zero-order valence-corrected chi connectivity index (χ0v) is 24.3. The number of amides is 4. The van der Waals surface area contributed by atoms with Crippen LogP contribution in [0.15, 0.2) is 0 Å². The molecule has 0 aromatic carbocycles. The van der Waals surface area contributed by atoms with Crippen molar-refractivity contribution >= 4 is 59.4 Å². The van der Waals surface area contributed by atoms with Crippen LogP contribution in [0.4, 0.5) is 0 Å².